The Morgan fingerprint density at radius 3 is 2.30 bits per heavy atom. The zero-order valence-corrected chi connectivity index (χ0v) is 12.0. The van der Waals surface area contributed by atoms with Gasteiger partial charge >= 0.3 is 0 Å². The van der Waals surface area contributed by atoms with Crippen molar-refractivity contribution >= 4 is 17.8 Å². The van der Waals surface area contributed by atoms with Crippen LogP contribution in [0.1, 0.15) is 26.7 Å². The van der Waals surface area contributed by atoms with Gasteiger partial charge in [-0.05, 0) is 18.8 Å². The zero-order valence-electron chi connectivity index (χ0n) is 12.0. The molecule has 0 amide bonds. The van der Waals surface area contributed by atoms with E-state index in [2.05, 4.69) is 33.7 Å². The number of hydrogen-bond donors (Lipinski definition) is 2. The molecule has 2 aliphatic rings. The number of nitrogens with two attached hydrogens (primary N) is 2. The van der Waals surface area contributed by atoms with Gasteiger partial charge in [0.15, 0.2) is 0 Å². The number of ether oxygens (including phenoxy) is 1. The fourth-order valence-electron chi connectivity index (χ4n) is 3.77. The van der Waals surface area contributed by atoms with E-state index >= 15 is 0 Å². The fourth-order valence-corrected chi connectivity index (χ4v) is 3.77. The maximum Gasteiger partial charge on any atom is 0.232 e. The third-order valence-corrected chi connectivity index (χ3v) is 4.48. The van der Waals surface area contributed by atoms with Crippen LogP contribution in [0.25, 0.3) is 0 Å². The Morgan fingerprint density at radius 2 is 1.75 bits per heavy atom. The summed E-state index contributed by atoms with van der Waals surface area (Å²) in [5, 5.41) is 0. The molecule has 1 unspecified atom stereocenters. The van der Waals surface area contributed by atoms with E-state index in [1.165, 1.54) is 0 Å². The predicted molar refractivity (Wildman–Crippen MR) is 77.1 cm³/mol. The number of aromatic nitrogens is 3. The molecule has 1 aromatic rings. The topological polar surface area (TPSA) is 103 Å². The summed E-state index contributed by atoms with van der Waals surface area (Å²) in [5.74, 6) is 1.48. The largest absolute Gasteiger partial charge is 0.381 e. The van der Waals surface area contributed by atoms with Crippen LogP contribution in [0.2, 0.25) is 0 Å². The van der Waals surface area contributed by atoms with Crippen LogP contribution in [0, 0.1) is 11.3 Å². The molecule has 0 bridgehead atoms. The summed E-state index contributed by atoms with van der Waals surface area (Å²) in [6.45, 7) is 7.11. The Labute approximate surface area is 118 Å². The number of rotatable bonds is 2. The first-order valence-corrected chi connectivity index (χ1v) is 7.13. The lowest BCUT2D eigenvalue weighted by Crippen LogP contribution is -2.68. The lowest BCUT2D eigenvalue weighted by molar-refractivity contribution is -0.0404. The molecule has 3 rings (SSSR count). The molecule has 7 nitrogen and oxygen atoms in total. The van der Waals surface area contributed by atoms with E-state index in [1.54, 1.807) is 0 Å². The van der Waals surface area contributed by atoms with Crippen molar-refractivity contribution in [3.8, 4) is 0 Å². The third-order valence-electron chi connectivity index (χ3n) is 4.48. The van der Waals surface area contributed by atoms with Gasteiger partial charge in [-0.3, -0.25) is 0 Å². The molecule has 2 fully saturated rings. The molecule has 0 radical (unpaired) electrons. The van der Waals surface area contributed by atoms with E-state index < -0.39 is 0 Å². The van der Waals surface area contributed by atoms with Gasteiger partial charge in [-0.2, -0.15) is 15.0 Å². The minimum atomic E-state index is 0.183. The van der Waals surface area contributed by atoms with Crippen LogP contribution in [0.15, 0.2) is 0 Å². The number of nitrogens with zero attached hydrogens (tertiary/aromatic N) is 4. The van der Waals surface area contributed by atoms with Crippen LogP contribution in [0.5, 0.6) is 0 Å². The minimum absolute atomic E-state index is 0.183. The molecule has 2 aliphatic heterocycles. The molecule has 1 atom stereocenters. The number of anilines is 3. The summed E-state index contributed by atoms with van der Waals surface area (Å²) in [5.41, 5.74) is 11.7. The molecule has 2 saturated heterocycles. The first kappa shape index (κ1) is 13.4. The van der Waals surface area contributed by atoms with Gasteiger partial charge in [0.2, 0.25) is 17.8 Å². The molecule has 0 aliphatic carbocycles. The average Bonchev–Trinajstić information content (AvgIpc) is 2.35. The molecular weight excluding hydrogens is 256 g/mol. The maximum absolute atomic E-state index is 5.68. The molecule has 1 spiro atoms. The molecule has 3 heterocycles. The average molecular weight is 278 g/mol. The molecule has 7 heteroatoms. The fraction of sp³-hybridized carbons (Fsp3) is 0.769. The van der Waals surface area contributed by atoms with Crippen molar-refractivity contribution in [1.29, 1.82) is 0 Å². The maximum atomic E-state index is 5.68. The van der Waals surface area contributed by atoms with Crippen molar-refractivity contribution in [2.75, 3.05) is 36.1 Å². The van der Waals surface area contributed by atoms with E-state index in [0.29, 0.717) is 23.3 Å². The first-order chi connectivity index (χ1) is 9.52. The Kier molecular flexibility index (Phi) is 3.16. The second-order valence-electron chi connectivity index (χ2n) is 6.14. The number of hydrogen-bond acceptors (Lipinski definition) is 7. The van der Waals surface area contributed by atoms with Crippen LogP contribution in [-0.4, -0.2) is 40.8 Å². The Morgan fingerprint density at radius 1 is 1.15 bits per heavy atom. The SMILES string of the molecule is CC(C)C1N(c2nc(N)nc(N)n2)CC12CCOCC2. The quantitative estimate of drug-likeness (QED) is 0.819. The smallest absolute Gasteiger partial charge is 0.232 e. The van der Waals surface area contributed by atoms with Gasteiger partial charge in [0.25, 0.3) is 0 Å². The summed E-state index contributed by atoms with van der Waals surface area (Å²) in [4.78, 5) is 14.5. The molecule has 0 saturated carbocycles. The highest BCUT2D eigenvalue weighted by Gasteiger charge is 2.54. The van der Waals surface area contributed by atoms with Crippen molar-refractivity contribution < 1.29 is 4.74 Å². The van der Waals surface area contributed by atoms with Gasteiger partial charge in [0.05, 0.1) is 0 Å². The van der Waals surface area contributed by atoms with Gasteiger partial charge in [-0.1, -0.05) is 13.8 Å². The Hall–Kier alpha value is -1.63. The van der Waals surface area contributed by atoms with Crippen molar-refractivity contribution in [3.63, 3.8) is 0 Å². The van der Waals surface area contributed by atoms with Crippen molar-refractivity contribution in [2.24, 2.45) is 11.3 Å². The summed E-state index contributed by atoms with van der Waals surface area (Å²) in [7, 11) is 0. The first-order valence-electron chi connectivity index (χ1n) is 7.13. The third kappa shape index (κ3) is 2.06. The van der Waals surface area contributed by atoms with Gasteiger partial charge < -0.3 is 21.1 Å². The lowest BCUT2D eigenvalue weighted by Gasteiger charge is -2.60. The molecule has 1 aromatic heterocycles. The predicted octanol–water partition coefficient (Wildman–Crippen LogP) is 0.677. The van der Waals surface area contributed by atoms with Gasteiger partial charge in [0.1, 0.15) is 0 Å². The second-order valence-corrected chi connectivity index (χ2v) is 6.14. The zero-order chi connectivity index (χ0) is 14.3. The van der Waals surface area contributed by atoms with E-state index in [4.69, 9.17) is 16.2 Å². The van der Waals surface area contributed by atoms with Crippen molar-refractivity contribution in [1.82, 2.24) is 15.0 Å². The number of nitrogen functional groups attached to an aromatic ring is 2. The van der Waals surface area contributed by atoms with Crippen LogP contribution in [-0.2, 0) is 4.74 Å². The van der Waals surface area contributed by atoms with E-state index in [1.807, 2.05) is 0 Å². The van der Waals surface area contributed by atoms with Crippen molar-refractivity contribution in [3.05, 3.63) is 0 Å². The summed E-state index contributed by atoms with van der Waals surface area (Å²) >= 11 is 0. The van der Waals surface area contributed by atoms with Crippen LogP contribution in [0.3, 0.4) is 0 Å². The van der Waals surface area contributed by atoms with Crippen LogP contribution < -0.4 is 16.4 Å². The molecule has 20 heavy (non-hydrogen) atoms. The van der Waals surface area contributed by atoms with E-state index in [9.17, 15) is 0 Å². The molecular formula is C13H22N6O. The second kappa shape index (κ2) is 4.73. The van der Waals surface area contributed by atoms with Crippen LogP contribution in [0.4, 0.5) is 17.8 Å². The molecule has 110 valence electrons. The lowest BCUT2D eigenvalue weighted by atomic mass is 9.63. The minimum Gasteiger partial charge on any atom is -0.381 e. The van der Waals surface area contributed by atoms with E-state index in [-0.39, 0.29) is 11.9 Å². The van der Waals surface area contributed by atoms with Gasteiger partial charge in [-0.25, -0.2) is 0 Å². The standard InChI is InChI=1S/C13H22N6O/c1-8(2)9-13(3-5-20-6-4-13)7-19(9)12-17-10(14)16-11(15)18-12/h8-9H,3-7H2,1-2H3,(H4,14,15,16,17,18). The normalized spacial score (nSPS) is 24.9. The molecule has 0 aromatic carbocycles. The van der Waals surface area contributed by atoms with E-state index in [0.717, 1.165) is 32.6 Å². The monoisotopic (exact) mass is 278 g/mol. The molecule has 4 N–H and O–H groups in total. The van der Waals surface area contributed by atoms with Gasteiger partial charge in [0, 0.05) is 31.2 Å². The van der Waals surface area contributed by atoms with Crippen molar-refractivity contribution in [2.45, 2.75) is 32.7 Å². The summed E-state index contributed by atoms with van der Waals surface area (Å²) < 4.78 is 5.51. The summed E-state index contributed by atoms with van der Waals surface area (Å²) in [6, 6.07) is 0.410. The summed E-state index contributed by atoms with van der Waals surface area (Å²) in [6.07, 6.45) is 2.20. The Bertz CT molecular complexity index is 479. The van der Waals surface area contributed by atoms with Gasteiger partial charge in [-0.15, -0.1) is 0 Å². The highest BCUT2D eigenvalue weighted by molar-refractivity contribution is 5.45. The highest BCUT2D eigenvalue weighted by Crippen LogP contribution is 2.49. The van der Waals surface area contributed by atoms with Crippen LogP contribution >= 0.6 is 0 Å². The highest BCUT2D eigenvalue weighted by atomic mass is 16.5. The Balaban J connectivity index is 1.87.